The number of carbonyl (C=O) groups excluding carboxylic acids is 1. The smallest absolute Gasteiger partial charge is 0.409 e. The second kappa shape index (κ2) is 8.30. The molecular formula is C21H16FN5O2. The van der Waals surface area contributed by atoms with E-state index in [1.807, 2.05) is 6.07 Å². The fourth-order valence-corrected chi connectivity index (χ4v) is 2.59. The summed E-state index contributed by atoms with van der Waals surface area (Å²) in [6.45, 7) is 0.323. The first-order chi connectivity index (χ1) is 14.2. The van der Waals surface area contributed by atoms with Crippen LogP contribution in [0.5, 0.6) is 5.75 Å². The number of nitrogens with zero attached hydrogens (tertiary/aromatic N) is 4. The Hall–Kier alpha value is -4.07. The lowest BCUT2D eigenvalue weighted by Gasteiger charge is -2.08. The summed E-state index contributed by atoms with van der Waals surface area (Å²) in [5.74, 6) is 0.599. The van der Waals surface area contributed by atoms with Crippen molar-refractivity contribution in [3.8, 4) is 17.1 Å². The molecule has 2 heterocycles. The van der Waals surface area contributed by atoms with E-state index in [1.165, 1.54) is 12.1 Å². The van der Waals surface area contributed by atoms with E-state index in [0.717, 1.165) is 10.2 Å². The molecule has 0 spiro atoms. The third-order valence-electron chi connectivity index (χ3n) is 4.01. The summed E-state index contributed by atoms with van der Waals surface area (Å²) in [6, 6.07) is 18.3. The molecule has 0 fully saturated rings. The molecule has 0 aliphatic carbocycles. The zero-order valence-electron chi connectivity index (χ0n) is 15.2. The molecule has 1 N–H and O–H groups in total. The lowest BCUT2D eigenvalue weighted by atomic mass is 10.2. The molecule has 2 aromatic carbocycles. The van der Waals surface area contributed by atoms with Gasteiger partial charge in [0.05, 0.1) is 0 Å². The number of para-hydroxylation sites is 1. The van der Waals surface area contributed by atoms with E-state index in [0.29, 0.717) is 23.7 Å². The zero-order valence-corrected chi connectivity index (χ0v) is 15.2. The van der Waals surface area contributed by atoms with Crippen molar-refractivity contribution in [2.75, 3.05) is 5.32 Å². The number of carbonyl (C=O) groups is 1. The standard InChI is InChI=1S/C21H16FN5O2/c22-17-10-8-15(9-11-17)13-24-20-25-19(16-5-4-12-23-14-16)26-27(20)21(28)29-18-6-2-1-3-7-18/h1-12,14H,13H2,(H,24,25,26). The molecule has 8 heteroatoms. The molecule has 0 atom stereocenters. The van der Waals surface area contributed by atoms with Gasteiger partial charge in [-0.3, -0.25) is 4.98 Å². The van der Waals surface area contributed by atoms with Crippen molar-refractivity contribution in [3.05, 3.63) is 90.5 Å². The molecule has 0 saturated heterocycles. The van der Waals surface area contributed by atoms with Crippen LogP contribution in [-0.2, 0) is 6.54 Å². The van der Waals surface area contributed by atoms with E-state index < -0.39 is 6.09 Å². The lowest BCUT2D eigenvalue weighted by Crippen LogP contribution is -2.21. The molecule has 0 aliphatic rings. The van der Waals surface area contributed by atoms with E-state index in [1.54, 1.807) is 60.9 Å². The number of hydrogen-bond donors (Lipinski definition) is 1. The molecule has 2 aromatic heterocycles. The third kappa shape index (κ3) is 4.44. The Morgan fingerprint density at radius 3 is 2.55 bits per heavy atom. The van der Waals surface area contributed by atoms with Crippen LogP contribution in [0.25, 0.3) is 11.4 Å². The van der Waals surface area contributed by atoms with Gasteiger partial charge in [0, 0.05) is 24.5 Å². The second-order valence-corrected chi connectivity index (χ2v) is 6.07. The number of benzene rings is 2. The summed E-state index contributed by atoms with van der Waals surface area (Å²) in [5, 5.41) is 7.32. The number of aromatic nitrogens is 4. The zero-order chi connectivity index (χ0) is 20.1. The maximum atomic E-state index is 13.1. The number of nitrogens with one attached hydrogen (secondary N) is 1. The van der Waals surface area contributed by atoms with Crippen LogP contribution in [0.1, 0.15) is 5.56 Å². The minimum atomic E-state index is -0.708. The van der Waals surface area contributed by atoms with E-state index in [4.69, 9.17) is 4.74 Å². The van der Waals surface area contributed by atoms with Crippen LogP contribution < -0.4 is 10.1 Å². The molecule has 144 valence electrons. The molecule has 0 saturated carbocycles. The SMILES string of the molecule is O=C(Oc1ccccc1)n1nc(-c2cccnc2)nc1NCc1ccc(F)cc1. The van der Waals surface area contributed by atoms with Gasteiger partial charge in [-0.25, -0.2) is 9.18 Å². The van der Waals surface area contributed by atoms with Crippen LogP contribution in [0.4, 0.5) is 15.1 Å². The summed E-state index contributed by atoms with van der Waals surface area (Å²) in [6.07, 6.45) is 2.53. The van der Waals surface area contributed by atoms with Gasteiger partial charge >= 0.3 is 6.09 Å². The van der Waals surface area contributed by atoms with Crippen molar-refractivity contribution in [1.29, 1.82) is 0 Å². The van der Waals surface area contributed by atoms with E-state index in [-0.39, 0.29) is 11.8 Å². The predicted octanol–water partition coefficient (Wildman–Crippen LogP) is 4.14. The van der Waals surface area contributed by atoms with Crippen molar-refractivity contribution in [2.24, 2.45) is 0 Å². The highest BCUT2D eigenvalue weighted by Gasteiger charge is 2.19. The quantitative estimate of drug-likeness (QED) is 0.552. The van der Waals surface area contributed by atoms with E-state index >= 15 is 0 Å². The highest BCUT2D eigenvalue weighted by atomic mass is 19.1. The van der Waals surface area contributed by atoms with Crippen molar-refractivity contribution in [2.45, 2.75) is 6.54 Å². The summed E-state index contributed by atoms with van der Waals surface area (Å²) in [7, 11) is 0. The second-order valence-electron chi connectivity index (χ2n) is 6.07. The van der Waals surface area contributed by atoms with E-state index in [9.17, 15) is 9.18 Å². The molecule has 4 aromatic rings. The number of hydrogen-bond acceptors (Lipinski definition) is 6. The fraction of sp³-hybridized carbons (Fsp3) is 0.0476. The average molecular weight is 389 g/mol. The van der Waals surface area contributed by atoms with Gasteiger partial charge in [0.15, 0.2) is 5.82 Å². The van der Waals surface area contributed by atoms with Crippen LogP contribution >= 0.6 is 0 Å². The highest BCUT2D eigenvalue weighted by Crippen LogP contribution is 2.19. The summed E-state index contributed by atoms with van der Waals surface area (Å²) in [5.41, 5.74) is 1.48. The van der Waals surface area contributed by atoms with Gasteiger partial charge < -0.3 is 10.1 Å². The number of rotatable bonds is 5. The van der Waals surface area contributed by atoms with Crippen LogP contribution in [0.2, 0.25) is 0 Å². The minimum absolute atomic E-state index is 0.203. The van der Waals surface area contributed by atoms with Crippen molar-refractivity contribution < 1.29 is 13.9 Å². The van der Waals surface area contributed by atoms with E-state index in [2.05, 4.69) is 20.4 Å². The normalized spacial score (nSPS) is 10.5. The van der Waals surface area contributed by atoms with Crippen LogP contribution in [0.15, 0.2) is 79.1 Å². The Kier molecular flexibility index (Phi) is 5.24. The average Bonchev–Trinajstić information content (AvgIpc) is 3.19. The Bertz CT molecular complexity index is 1100. The molecule has 29 heavy (non-hydrogen) atoms. The first-order valence-electron chi connectivity index (χ1n) is 8.82. The maximum absolute atomic E-state index is 13.1. The van der Waals surface area contributed by atoms with Crippen LogP contribution in [0.3, 0.4) is 0 Å². The van der Waals surface area contributed by atoms with Crippen molar-refractivity contribution in [3.63, 3.8) is 0 Å². The predicted molar refractivity (Wildman–Crippen MR) is 105 cm³/mol. The van der Waals surface area contributed by atoms with Crippen molar-refractivity contribution >= 4 is 12.0 Å². The third-order valence-corrected chi connectivity index (χ3v) is 4.01. The number of halogens is 1. The molecule has 0 bridgehead atoms. The topological polar surface area (TPSA) is 81.9 Å². The Balaban J connectivity index is 1.61. The monoisotopic (exact) mass is 389 g/mol. The molecule has 4 rings (SSSR count). The Morgan fingerprint density at radius 1 is 1.03 bits per heavy atom. The minimum Gasteiger partial charge on any atom is -0.409 e. The molecule has 0 radical (unpaired) electrons. The van der Waals surface area contributed by atoms with Gasteiger partial charge in [-0.2, -0.15) is 4.98 Å². The lowest BCUT2D eigenvalue weighted by molar-refractivity contribution is 0.199. The molecule has 7 nitrogen and oxygen atoms in total. The number of anilines is 1. The molecule has 0 amide bonds. The molecular weight excluding hydrogens is 373 g/mol. The number of pyridine rings is 1. The first-order valence-corrected chi connectivity index (χ1v) is 8.82. The first kappa shape index (κ1) is 18.3. The molecule has 0 unspecified atom stereocenters. The Labute approximate surface area is 165 Å². The van der Waals surface area contributed by atoms with Crippen LogP contribution in [0, 0.1) is 5.82 Å². The fourth-order valence-electron chi connectivity index (χ4n) is 2.59. The van der Waals surface area contributed by atoms with Gasteiger partial charge in [-0.1, -0.05) is 30.3 Å². The maximum Gasteiger partial charge on any atom is 0.443 e. The van der Waals surface area contributed by atoms with Gasteiger partial charge in [-0.05, 0) is 42.0 Å². The van der Waals surface area contributed by atoms with Gasteiger partial charge in [-0.15, -0.1) is 9.78 Å². The Morgan fingerprint density at radius 2 is 1.83 bits per heavy atom. The highest BCUT2D eigenvalue weighted by molar-refractivity contribution is 5.76. The van der Waals surface area contributed by atoms with Crippen molar-refractivity contribution in [1.82, 2.24) is 19.7 Å². The molecule has 0 aliphatic heterocycles. The van der Waals surface area contributed by atoms with Gasteiger partial charge in [0.2, 0.25) is 5.95 Å². The largest absolute Gasteiger partial charge is 0.443 e. The van der Waals surface area contributed by atoms with Crippen LogP contribution in [-0.4, -0.2) is 25.8 Å². The number of ether oxygens (including phenoxy) is 1. The van der Waals surface area contributed by atoms with Gasteiger partial charge in [0.1, 0.15) is 11.6 Å². The summed E-state index contributed by atoms with van der Waals surface area (Å²) >= 11 is 0. The summed E-state index contributed by atoms with van der Waals surface area (Å²) in [4.78, 5) is 21.1. The van der Waals surface area contributed by atoms with Gasteiger partial charge in [0.25, 0.3) is 0 Å². The summed E-state index contributed by atoms with van der Waals surface area (Å²) < 4.78 is 19.5.